The first kappa shape index (κ1) is 19.1. The Morgan fingerprint density at radius 3 is 2.48 bits per heavy atom. The minimum Gasteiger partial charge on any atom is -0.481 e. The quantitative estimate of drug-likeness (QED) is 0.741. The van der Waals surface area contributed by atoms with Crippen molar-refractivity contribution in [3.05, 3.63) is 29.8 Å². The summed E-state index contributed by atoms with van der Waals surface area (Å²) in [5.41, 5.74) is 0.212. The van der Waals surface area contributed by atoms with Gasteiger partial charge in [-0.25, -0.2) is 13.1 Å². The lowest BCUT2D eigenvalue weighted by Crippen LogP contribution is -2.33. The van der Waals surface area contributed by atoms with E-state index in [1.165, 1.54) is 29.2 Å². The fourth-order valence-corrected chi connectivity index (χ4v) is 3.29. The third kappa shape index (κ3) is 5.65. The lowest BCUT2D eigenvalue weighted by atomic mass is 10.2. The molecule has 23 heavy (non-hydrogen) atoms. The van der Waals surface area contributed by atoms with Crippen molar-refractivity contribution in [2.75, 3.05) is 13.1 Å². The smallest absolute Gasteiger partial charge is 0.305 e. The average Bonchev–Trinajstić information content (AvgIpc) is 2.46. The number of aliphatic carboxylic acids is 1. The zero-order valence-electron chi connectivity index (χ0n) is 13.4. The molecule has 2 N–H and O–H groups in total. The normalized spacial score (nSPS) is 11.5. The number of carboxylic acids is 1. The van der Waals surface area contributed by atoms with Crippen LogP contribution in [0, 0.1) is 0 Å². The van der Waals surface area contributed by atoms with Gasteiger partial charge in [0.15, 0.2) is 0 Å². The van der Waals surface area contributed by atoms with Crippen LogP contribution >= 0.6 is 0 Å². The Morgan fingerprint density at radius 2 is 1.96 bits per heavy atom. The van der Waals surface area contributed by atoms with Crippen LogP contribution in [0.4, 0.5) is 0 Å². The van der Waals surface area contributed by atoms with Crippen molar-refractivity contribution in [3.63, 3.8) is 0 Å². The van der Waals surface area contributed by atoms with Crippen LogP contribution in [0.3, 0.4) is 0 Å². The monoisotopic (exact) mass is 342 g/mol. The molecule has 0 spiro atoms. The summed E-state index contributed by atoms with van der Waals surface area (Å²) in [4.78, 5) is 24.4. The first-order valence-electron chi connectivity index (χ1n) is 7.30. The third-order valence-electron chi connectivity index (χ3n) is 3.05. The second-order valence-corrected chi connectivity index (χ2v) is 7.05. The van der Waals surface area contributed by atoms with Gasteiger partial charge in [-0.2, -0.15) is 0 Å². The van der Waals surface area contributed by atoms with Gasteiger partial charge in [-0.15, -0.1) is 0 Å². The molecule has 0 radical (unpaired) electrons. The number of nitrogens with one attached hydrogen (secondary N) is 1. The lowest BCUT2D eigenvalue weighted by Gasteiger charge is -2.20. The molecule has 1 rings (SSSR count). The van der Waals surface area contributed by atoms with Crippen molar-refractivity contribution >= 4 is 21.9 Å². The standard InChI is InChI=1S/C15H22N2O5S/c1-4-17(9-8-14(18)19)15(20)12-6-5-7-13(10-12)23(21,22)16-11(2)3/h5-7,10-11,16H,4,8-9H2,1-3H3,(H,18,19). The Labute approximate surface area is 136 Å². The van der Waals surface area contributed by atoms with Crippen molar-refractivity contribution < 1.29 is 23.1 Å². The van der Waals surface area contributed by atoms with Gasteiger partial charge in [0.25, 0.3) is 5.91 Å². The molecule has 0 fully saturated rings. The Morgan fingerprint density at radius 1 is 1.30 bits per heavy atom. The summed E-state index contributed by atoms with van der Waals surface area (Å²) in [7, 11) is -3.69. The van der Waals surface area contributed by atoms with Gasteiger partial charge in [0, 0.05) is 24.7 Å². The van der Waals surface area contributed by atoms with Crippen LogP contribution in [0.15, 0.2) is 29.2 Å². The van der Waals surface area contributed by atoms with E-state index in [1.807, 2.05) is 0 Å². The van der Waals surface area contributed by atoms with Crippen LogP contribution in [0.1, 0.15) is 37.6 Å². The molecule has 0 bridgehead atoms. The number of carbonyl (C=O) groups excluding carboxylic acids is 1. The summed E-state index contributed by atoms with van der Waals surface area (Å²) >= 11 is 0. The average molecular weight is 342 g/mol. The van der Waals surface area contributed by atoms with Crippen molar-refractivity contribution in [1.29, 1.82) is 0 Å². The van der Waals surface area contributed by atoms with Crippen LogP contribution in [0.2, 0.25) is 0 Å². The van der Waals surface area contributed by atoms with Gasteiger partial charge in [0.2, 0.25) is 10.0 Å². The second-order valence-electron chi connectivity index (χ2n) is 5.33. The molecule has 0 aliphatic rings. The highest BCUT2D eigenvalue weighted by atomic mass is 32.2. The maximum atomic E-state index is 12.4. The van der Waals surface area contributed by atoms with Gasteiger partial charge in [-0.05, 0) is 39.0 Å². The highest BCUT2D eigenvalue weighted by Crippen LogP contribution is 2.14. The van der Waals surface area contributed by atoms with Crippen LogP contribution in [-0.4, -0.2) is 49.4 Å². The van der Waals surface area contributed by atoms with Gasteiger partial charge in [-0.1, -0.05) is 6.07 Å². The molecule has 128 valence electrons. The molecular formula is C15H22N2O5S. The molecular weight excluding hydrogens is 320 g/mol. The number of sulfonamides is 1. The van der Waals surface area contributed by atoms with Crippen LogP contribution in [0.25, 0.3) is 0 Å². The van der Waals surface area contributed by atoms with Gasteiger partial charge >= 0.3 is 5.97 Å². The third-order valence-corrected chi connectivity index (χ3v) is 4.70. The SMILES string of the molecule is CCN(CCC(=O)O)C(=O)c1cccc(S(=O)(=O)NC(C)C)c1. The first-order valence-corrected chi connectivity index (χ1v) is 8.79. The fraction of sp³-hybridized carbons (Fsp3) is 0.467. The summed E-state index contributed by atoms with van der Waals surface area (Å²) in [5.74, 6) is -1.39. The van der Waals surface area contributed by atoms with E-state index in [1.54, 1.807) is 20.8 Å². The predicted molar refractivity (Wildman–Crippen MR) is 85.7 cm³/mol. The minimum atomic E-state index is -3.69. The number of carbonyl (C=O) groups is 2. The molecule has 0 saturated carbocycles. The zero-order chi connectivity index (χ0) is 17.6. The highest BCUT2D eigenvalue weighted by molar-refractivity contribution is 7.89. The summed E-state index contributed by atoms with van der Waals surface area (Å²) < 4.78 is 26.8. The van der Waals surface area contributed by atoms with Crippen LogP contribution in [0.5, 0.6) is 0 Å². The Bertz CT molecular complexity index is 670. The van der Waals surface area contributed by atoms with E-state index in [0.29, 0.717) is 6.54 Å². The highest BCUT2D eigenvalue weighted by Gasteiger charge is 2.20. The number of rotatable bonds is 8. The number of carboxylic acid groups (broad SMARTS) is 1. The van der Waals surface area contributed by atoms with Crippen molar-refractivity contribution in [3.8, 4) is 0 Å². The van der Waals surface area contributed by atoms with E-state index in [2.05, 4.69) is 4.72 Å². The molecule has 1 aromatic rings. The maximum absolute atomic E-state index is 12.4. The summed E-state index contributed by atoms with van der Waals surface area (Å²) in [5, 5.41) is 8.72. The number of nitrogens with zero attached hydrogens (tertiary/aromatic N) is 1. The van der Waals surface area contributed by atoms with Crippen molar-refractivity contribution in [1.82, 2.24) is 9.62 Å². The fourth-order valence-electron chi connectivity index (χ4n) is 1.99. The largest absolute Gasteiger partial charge is 0.481 e. The van der Waals surface area contributed by atoms with E-state index < -0.39 is 21.9 Å². The molecule has 0 heterocycles. The minimum absolute atomic E-state index is 0.00587. The first-order chi connectivity index (χ1) is 10.7. The number of benzene rings is 1. The number of amides is 1. The van der Waals surface area contributed by atoms with E-state index in [9.17, 15) is 18.0 Å². The summed E-state index contributed by atoms with van der Waals surface area (Å²) in [6, 6.07) is 5.46. The van der Waals surface area contributed by atoms with Crippen molar-refractivity contribution in [2.45, 2.75) is 38.1 Å². The van der Waals surface area contributed by atoms with Gasteiger partial charge in [0.1, 0.15) is 0 Å². The Kier molecular flexibility index (Phi) is 6.71. The zero-order valence-corrected chi connectivity index (χ0v) is 14.3. The Hall–Kier alpha value is -1.93. The summed E-state index contributed by atoms with van der Waals surface area (Å²) in [6.07, 6.45) is -0.160. The van der Waals surface area contributed by atoms with E-state index in [0.717, 1.165) is 0 Å². The van der Waals surface area contributed by atoms with Crippen LogP contribution in [-0.2, 0) is 14.8 Å². The molecule has 8 heteroatoms. The van der Waals surface area contributed by atoms with Gasteiger partial charge in [0.05, 0.1) is 11.3 Å². The molecule has 1 aromatic carbocycles. The molecule has 7 nitrogen and oxygen atoms in total. The topological polar surface area (TPSA) is 104 Å². The van der Waals surface area contributed by atoms with E-state index in [-0.39, 0.29) is 29.5 Å². The van der Waals surface area contributed by atoms with Gasteiger partial charge in [-0.3, -0.25) is 9.59 Å². The van der Waals surface area contributed by atoms with Gasteiger partial charge < -0.3 is 10.0 Å². The van der Waals surface area contributed by atoms with Crippen molar-refractivity contribution in [2.24, 2.45) is 0 Å². The molecule has 0 aliphatic carbocycles. The molecule has 0 atom stereocenters. The molecule has 0 unspecified atom stereocenters. The second kappa shape index (κ2) is 8.07. The van der Waals surface area contributed by atoms with Crippen LogP contribution < -0.4 is 4.72 Å². The molecule has 0 aromatic heterocycles. The molecule has 0 aliphatic heterocycles. The predicted octanol–water partition coefficient (Wildman–Crippen LogP) is 1.31. The van der Waals surface area contributed by atoms with E-state index >= 15 is 0 Å². The number of hydrogen-bond acceptors (Lipinski definition) is 4. The number of hydrogen-bond donors (Lipinski definition) is 2. The Balaban J connectivity index is 3.03. The maximum Gasteiger partial charge on any atom is 0.305 e. The molecule has 1 amide bonds. The molecule has 0 saturated heterocycles. The summed E-state index contributed by atoms with van der Waals surface area (Å²) in [6.45, 7) is 5.56. The van der Waals surface area contributed by atoms with E-state index in [4.69, 9.17) is 5.11 Å². The lowest BCUT2D eigenvalue weighted by molar-refractivity contribution is -0.137.